The molecule has 7 heteroatoms. The molecule has 0 bridgehead atoms. The van der Waals surface area contributed by atoms with Crippen LogP contribution in [-0.4, -0.2) is 30.5 Å². The number of hydrogen-bond donors (Lipinski definition) is 1. The lowest BCUT2D eigenvalue weighted by Gasteiger charge is -2.19. The molecule has 6 nitrogen and oxygen atoms in total. The zero-order chi connectivity index (χ0) is 16.4. The van der Waals surface area contributed by atoms with Crippen LogP contribution in [0.3, 0.4) is 0 Å². The van der Waals surface area contributed by atoms with Gasteiger partial charge in [0.25, 0.3) is 0 Å². The van der Waals surface area contributed by atoms with E-state index in [0.717, 1.165) is 5.56 Å². The van der Waals surface area contributed by atoms with Crippen molar-refractivity contribution in [2.24, 2.45) is 0 Å². The normalized spacial score (nSPS) is 10.8. The summed E-state index contributed by atoms with van der Waals surface area (Å²) in [6.45, 7) is 3.94. The van der Waals surface area contributed by atoms with Crippen molar-refractivity contribution in [2.45, 2.75) is 19.8 Å². The summed E-state index contributed by atoms with van der Waals surface area (Å²) >= 11 is 6.35. The molecule has 0 unspecified atom stereocenters. The molecule has 0 radical (unpaired) electrons. The van der Waals surface area contributed by atoms with Gasteiger partial charge < -0.3 is 19.1 Å². The Bertz CT molecular complexity index is 708. The van der Waals surface area contributed by atoms with Crippen molar-refractivity contribution in [3.05, 3.63) is 28.5 Å². The van der Waals surface area contributed by atoms with Crippen LogP contribution in [0.2, 0.25) is 5.02 Å². The van der Waals surface area contributed by atoms with Gasteiger partial charge in [-0.05, 0) is 5.92 Å². The summed E-state index contributed by atoms with van der Waals surface area (Å²) in [5.74, 6) is -0.363. The van der Waals surface area contributed by atoms with E-state index in [4.69, 9.17) is 30.7 Å². The Morgan fingerprint density at radius 2 is 2.00 bits per heavy atom. The van der Waals surface area contributed by atoms with Gasteiger partial charge in [0.1, 0.15) is 5.69 Å². The van der Waals surface area contributed by atoms with Gasteiger partial charge in [0.15, 0.2) is 11.5 Å². The van der Waals surface area contributed by atoms with Gasteiger partial charge in [0.05, 0.1) is 19.2 Å². The Labute approximate surface area is 132 Å². The number of carbonyl (C=O) groups is 1. The molecule has 118 valence electrons. The molecule has 0 aliphatic rings. The van der Waals surface area contributed by atoms with E-state index in [9.17, 15) is 4.79 Å². The summed E-state index contributed by atoms with van der Waals surface area (Å²) in [5.41, 5.74) is 1.69. The van der Waals surface area contributed by atoms with Crippen molar-refractivity contribution in [1.82, 2.24) is 5.16 Å². The summed E-state index contributed by atoms with van der Waals surface area (Å²) in [7, 11) is 3.06. The average Bonchev–Trinajstić information content (AvgIpc) is 2.95. The van der Waals surface area contributed by atoms with Crippen molar-refractivity contribution >= 4 is 17.6 Å². The smallest absolute Gasteiger partial charge is 0.374 e. The van der Waals surface area contributed by atoms with E-state index in [1.54, 1.807) is 6.07 Å². The summed E-state index contributed by atoms with van der Waals surface area (Å²) < 4.78 is 15.6. The van der Waals surface area contributed by atoms with Crippen LogP contribution in [0.4, 0.5) is 0 Å². The molecule has 0 saturated carbocycles. The highest BCUT2D eigenvalue weighted by atomic mass is 35.5. The third-order valence-corrected chi connectivity index (χ3v) is 3.51. The second kappa shape index (κ2) is 6.27. The van der Waals surface area contributed by atoms with Crippen LogP contribution in [0.5, 0.6) is 11.5 Å². The largest absolute Gasteiger partial charge is 0.493 e. The SMILES string of the molecule is COc1cc(Cl)c(-c2cc(C(=O)O)on2)c(C(C)C)c1OC. The quantitative estimate of drug-likeness (QED) is 0.899. The van der Waals surface area contributed by atoms with E-state index in [1.165, 1.54) is 20.3 Å². The maximum atomic E-state index is 11.0. The first-order chi connectivity index (χ1) is 10.4. The second-order valence-electron chi connectivity index (χ2n) is 4.92. The molecule has 0 aliphatic carbocycles. The summed E-state index contributed by atoms with van der Waals surface area (Å²) in [5, 5.41) is 13.2. The van der Waals surface area contributed by atoms with Gasteiger partial charge >= 0.3 is 5.97 Å². The first kappa shape index (κ1) is 16.2. The minimum atomic E-state index is -1.19. The molecule has 0 atom stereocenters. The van der Waals surface area contributed by atoms with Gasteiger partial charge in [-0.2, -0.15) is 0 Å². The number of rotatable bonds is 5. The molecule has 1 heterocycles. The number of carboxylic acid groups (broad SMARTS) is 1. The fourth-order valence-electron chi connectivity index (χ4n) is 2.29. The Hall–Kier alpha value is -2.21. The fourth-order valence-corrected chi connectivity index (χ4v) is 2.59. The number of carboxylic acids is 1. The molecule has 0 saturated heterocycles. The first-order valence-electron chi connectivity index (χ1n) is 6.55. The van der Waals surface area contributed by atoms with Crippen LogP contribution in [0.25, 0.3) is 11.3 Å². The molecular formula is C15H16ClNO5. The topological polar surface area (TPSA) is 81.8 Å². The van der Waals surface area contributed by atoms with Crippen molar-refractivity contribution in [2.75, 3.05) is 14.2 Å². The molecule has 1 aromatic carbocycles. The van der Waals surface area contributed by atoms with Crippen LogP contribution < -0.4 is 9.47 Å². The predicted octanol–water partition coefficient (Wildman–Crippen LogP) is 3.83. The summed E-state index contributed by atoms with van der Waals surface area (Å²) in [6.07, 6.45) is 0. The Morgan fingerprint density at radius 1 is 1.32 bits per heavy atom. The van der Waals surface area contributed by atoms with Crippen molar-refractivity contribution in [3.63, 3.8) is 0 Å². The second-order valence-corrected chi connectivity index (χ2v) is 5.33. The zero-order valence-corrected chi connectivity index (χ0v) is 13.4. The zero-order valence-electron chi connectivity index (χ0n) is 12.6. The number of halogens is 1. The molecule has 1 aromatic heterocycles. The monoisotopic (exact) mass is 325 g/mol. The average molecular weight is 326 g/mol. The van der Waals surface area contributed by atoms with E-state index < -0.39 is 5.97 Å². The van der Waals surface area contributed by atoms with Gasteiger partial charge in [-0.25, -0.2) is 4.79 Å². The highest BCUT2D eigenvalue weighted by Crippen LogP contribution is 2.46. The summed E-state index contributed by atoms with van der Waals surface area (Å²) in [4.78, 5) is 11.0. The van der Waals surface area contributed by atoms with Crippen molar-refractivity contribution in [1.29, 1.82) is 0 Å². The fraction of sp³-hybridized carbons (Fsp3) is 0.333. The number of aromatic carboxylic acids is 1. The van der Waals surface area contributed by atoms with Crippen LogP contribution >= 0.6 is 11.6 Å². The molecule has 0 spiro atoms. The van der Waals surface area contributed by atoms with Gasteiger partial charge in [-0.1, -0.05) is 30.6 Å². The highest BCUT2D eigenvalue weighted by Gasteiger charge is 2.25. The number of hydrogen-bond acceptors (Lipinski definition) is 5. The van der Waals surface area contributed by atoms with E-state index in [-0.39, 0.29) is 11.7 Å². The summed E-state index contributed by atoms with van der Waals surface area (Å²) in [6, 6.07) is 2.94. The third kappa shape index (κ3) is 2.74. The lowest BCUT2D eigenvalue weighted by Crippen LogP contribution is -2.01. The predicted molar refractivity (Wildman–Crippen MR) is 81.1 cm³/mol. The van der Waals surface area contributed by atoms with Crippen LogP contribution in [0.1, 0.15) is 35.9 Å². The van der Waals surface area contributed by atoms with Gasteiger partial charge in [-0.3, -0.25) is 0 Å². The van der Waals surface area contributed by atoms with E-state index in [1.807, 2.05) is 13.8 Å². The first-order valence-corrected chi connectivity index (χ1v) is 6.93. The van der Waals surface area contributed by atoms with Crippen LogP contribution in [-0.2, 0) is 0 Å². The lowest BCUT2D eigenvalue weighted by atomic mass is 9.93. The molecule has 0 amide bonds. The molecule has 2 rings (SSSR count). The molecular weight excluding hydrogens is 310 g/mol. The third-order valence-electron chi connectivity index (χ3n) is 3.21. The van der Waals surface area contributed by atoms with E-state index in [2.05, 4.69) is 5.16 Å². The standard InChI is InChI=1S/C15H16ClNO5/c1-7(2)12-13(9-6-11(15(18)19)22-17-9)8(16)5-10(20-3)14(12)21-4/h5-7H,1-4H3,(H,18,19). The maximum Gasteiger partial charge on any atom is 0.374 e. The number of benzene rings is 1. The van der Waals surface area contributed by atoms with Gasteiger partial charge in [0.2, 0.25) is 5.76 Å². The van der Waals surface area contributed by atoms with Crippen LogP contribution in [0, 0.1) is 0 Å². The number of methoxy groups -OCH3 is 2. The molecule has 22 heavy (non-hydrogen) atoms. The van der Waals surface area contributed by atoms with Gasteiger partial charge in [-0.15, -0.1) is 0 Å². The lowest BCUT2D eigenvalue weighted by molar-refractivity contribution is 0.0652. The van der Waals surface area contributed by atoms with Crippen LogP contribution in [0.15, 0.2) is 16.7 Å². The number of aromatic nitrogens is 1. The van der Waals surface area contributed by atoms with E-state index in [0.29, 0.717) is 27.8 Å². The Balaban J connectivity index is 2.75. The Morgan fingerprint density at radius 3 is 2.45 bits per heavy atom. The van der Waals surface area contributed by atoms with Gasteiger partial charge in [0, 0.05) is 23.3 Å². The van der Waals surface area contributed by atoms with Crippen molar-refractivity contribution < 1.29 is 23.9 Å². The molecule has 0 fully saturated rings. The number of nitrogens with zero attached hydrogens (tertiary/aromatic N) is 1. The minimum Gasteiger partial charge on any atom is -0.493 e. The molecule has 2 aromatic rings. The maximum absolute atomic E-state index is 11.0. The van der Waals surface area contributed by atoms with E-state index >= 15 is 0 Å². The highest BCUT2D eigenvalue weighted by molar-refractivity contribution is 6.33. The number of ether oxygens (including phenoxy) is 2. The molecule has 1 N–H and O–H groups in total. The Kier molecular flexibility index (Phi) is 4.61. The van der Waals surface area contributed by atoms with Crippen molar-refractivity contribution in [3.8, 4) is 22.8 Å². The minimum absolute atomic E-state index is 0.0440. The molecule has 0 aliphatic heterocycles.